The molecular formula is C11H13NO6S2. The third-order valence-corrected chi connectivity index (χ3v) is 6.48. The van der Waals surface area contributed by atoms with E-state index in [9.17, 15) is 18.0 Å². The van der Waals surface area contributed by atoms with Gasteiger partial charge in [-0.25, -0.2) is 13.2 Å². The molecule has 1 atom stereocenters. The molecule has 1 aromatic heterocycles. The van der Waals surface area contributed by atoms with Crippen LogP contribution in [-0.2, 0) is 19.6 Å². The molecule has 1 aromatic rings. The van der Waals surface area contributed by atoms with Crippen LogP contribution >= 0.6 is 11.3 Å². The number of thiophene rings is 1. The highest BCUT2D eigenvalue weighted by molar-refractivity contribution is 7.91. The molecule has 7 nitrogen and oxygen atoms in total. The Morgan fingerprint density at radius 1 is 1.45 bits per heavy atom. The molecule has 0 aromatic carbocycles. The molecule has 0 saturated carbocycles. The number of aromatic carboxylic acids is 1. The fraction of sp³-hybridized carbons (Fsp3) is 0.455. The lowest BCUT2D eigenvalue weighted by Crippen LogP contribution is -2.40. The lowest BCUT2D eigenvalue weighted by Gasteiger charge is -2.21. The predicted molar refractivity (Wildman–Crippen MR) is 70.2 cm³/mol. The van der Waals surface area contributed by atoms with Crippen LogP contribution in [0.3, 0.4) is 0 Å². The average Bonchev–Trinajstić information content (AvgIpc) is 3.06. The van der Waals surface area contributed by atoms with Crippen molar-refractivity contribution in [1.82, 2.24) is 4.31 Å². The Kier molecular flexibility index (Phi) is 4.11. The Hall–Kier alpha value is -1.45. The van der Waals surface area contributed by atoms with E-state index in [1.807, 2.05) is 0 Å². The van der Waals surface area contributed by atoms with Crippen molar-refractivity contribution in [3.63, 3.8) is 0 Å². The van der Waals surface area contributed by atoms with Crippen molar-refractivity contribution in [3.8, 4) is 0 Å². The summed E-state index contributed by atoms with van der Waals surface area (Å²) in [7, 11) is -2.66. The van der Waals surface area contributed by atoms with Crippen molar-refractivity contribution in [2.24, 2.45) is 0 Å². The Morgan fingerprint density at radius 3 is 2.70 bits per heavy atom. The first-order chi connectivity index (χ1) is 9.37. The predicted octanol–water partition coefficient (Wildman–Crippen LogP) is 0.772. The van der Waals surface area contributed by atoms with Crippen LogP contribution < -0.4 is 0 Å². The first-order valence-electron chi connectivity index (χ1n) is 5.80. The Balaban J connectivity index is 2.33. The van der Waals surface area contributed by atoms with Crippen molar-refractivity contribution >= 4 is 33.3 Å². The van der Waals surface area contributed by atoms with Gasteiger partial charge in [-0.15, -0.1) is 11.3 Å². The number of methoxy groups -OCH3 is 1. The lowest BCUT2D eigenvalue weighted by atomic mass is 10.2. The molecule has 2 heterocycles. The third kappa shape index (κ3) is 2.56. The second kappa shape index (κ2) is 5.51. The van der Waals surface area contributed by atoms with Gasteiger partial charge in [-0.3, -0.25) is 4.79 Å². The summed E-state index contributed by atoms with van der Waals surface area (Å²) < 4.78 is 30.5. The summed E-state index contributed by atoms with van der Waals surface area (Å²) in [6.07, 6.45) is 0.971. The zero-order chi connectivity index (χ0) is 14.9. The van der Waals surface area contributed by atoms with Crippen LogP contribution in [0.25, 0.3) is 0 Å². The maximum atomic E-state index is 12.4. The number of ether oxygens (including phenoxy) is 1. The van der Waals surface area contributed by atoms with E-state index in [4.69, 9.17) is 5.11 Å². The van der Waals surface area contributed by atoms with E-state index in [0.29, 0.717) is 24.2 Å². The third-order valence-electron chi connectivity index (χ3n) is 3.03. The second-order valence-electron chi connectivity index (χ2n) is 4.22. The van der Waals surface area contributed by atoms with Gasteiger partial charge in [-0.05, 0) is 25.0 Å². The molecule has 1 fully saturated rings. The van der Waals surface area contributed by atoms with Crippen molar-refractivity contribution < 1.29 is 27.9 Å². The topological polar surface area (TPSA) is 101 Å². The largest absolute Gasteiger partial charge is 0.477 e. The molecule has 0 bridgehead atoms. The number of carbonyl (C=O) groups excluding carboxylic acids is 1. The summed E-state index contributed by atoms with van der Waals surface area (Å²) in [6, 6.07) is 1.65. The Bertz CT molecular complexity index is 635. The first-order valence-corrected chi connectivity index (χ1v) is 8.06. The van der Waals surface area contributed by atoms with Crippen molar-refractivity contribution in [3.05, 3.63) is 17.0 Å². The van der Waals surface area contributed by atoms with E-state index < -0.39 is 28.0 Å². The normalized spacial score (nSPS) is 19.9. The fourth-order valence-electron chi connectivity index (χ4n) is 2.09. The van der Waals surface area contributed by atoms with Gasteiger partial charge in [0.1, 0.15) is 15.1 Å². The van der Waals surface area contributed by atoms with Gasteiger partial charge in [0.05, 0.1) is 7.11 Å². The van der Waals surface area contributed by atoms with Gasteiger partial charge in [0.2, 0.25) is 0 Å². The monoisotopic (exact) mass is 319 g/mol. The molecule has 0 aliphatic carbocycles. The number of carboxylic acids is 1. The molecule has 2 rings (SSSR count). The van der Waals surface area contributed by atoms with Crippen LogP contribution in [0.1, 0.15) is 22.5 Å². The van der Waals surface area contributed by atoms with Crippen LogP contribution in [0, 0.1) is 0 Å². The summed E-state index contributed by atoms with van der Waals surface area (Å²) in [4.78, 5) is 22.3. The molecule has 110 valence electrons. The van der Waals surface area contributed by atoms with E-state index >= 15 is 0 Å². The quantitative estimate of drug-likeness (QED) is 0.823. The molecule has 1 aliphatic heterocycles. The minimum Gasteiger partial charge on any atom is -0.477 e. The molecule has 9 heteroatoms. The standard InChI is InChI=1S/C11H13NO6S2/c1-18-11(15)7-3-2-6-12(7)20(16,17)9-5-4-8(19-9)10(13)14/h4-5,7H,2-3,6H2,1H3,(H,13,14). The maximum absolute atomic E-state index is 12.4. The van der Waals surface area contributed by atoms with Gasteiger partial charge in [-0.1, -0.05) is 0 Å². The number of sulfonamides is 1. The number of nitrogens with zero attached hydrogens (tertiary/aromatic N) is 1. The zero-order valence-corrected chi connectivity index (χ0v) is 12.2. The number of hydrogen-bond acceptors (Lipinski definition) is 6. The summed E-state index contributed by atoms with van der Waals surface area (Å²) in [6.45, 7) is 0.225. The van der Waals surface area contributed by atoms with Crippen molar-refractivity contribution in [2.45, 2.75) is 23.1 Å². The number of carboxylic acid groups (broad SMARTS) is 1. The molecule has 1 unspecified atom stereocenters. The highest BCUT2D eigenvalue weighted by atomic mass is 32.2. The number of esters is 1. The van der Waals surface area contributed by atoms with Crippen molar-refractivity contribution in [2.75, 3.05) is 13.7 Å². The van der Waals surface area contributed by atoms with E-state index in [1.165, 1.54) is 19.2 Å². The van der Waals surface area contributed by atoms with Crippen molar-refractivity contribution in [1.29, 1.82) is 0 Å². The summed E-state index contributed by atoms with van der Waals surface area (Å²) in [5.74, 6) is -1.77. The summed E-state index contributed by atoms with van der Waals surface area (Å²) >= 11 is 0.675. The molecule has 1 N–H and O–H groups in total. The smallest absolute Gasteiger partial charge is 0.345 e. The average molecular weight is 319 g/mol. The minimum atomic E-state index is -3.87. The maximum Gasteiger partial charge on any atom is 0.345 e. The highest BCUT2D eigenvalue weighted by Crippen LogP contribution is 2.30. The zero-order valence-electron chi connectivity index (χ0n) is 10.6. The van der Waals surface area contributed by atoms with Crippen LogP contribution in [0.4, 0.5) is 0 Å². The van der Waals surface area contributed by atoms with E-state index in [2.05, 4.69) is 4.74 Å². The molecule has 1 aliphatic rings. The summed E-state index contributed by atoms with van der Waals surface area (Å²) in [5.41, 5.74) is 0. The molecular weight excluding hydrogens is 306 g/mol. The lowest BCUT2D eigenvalue weighted by molar-refractivity contribution is -0.144. The van der Waals surface area contributed by atoms with Gasteiger partial charge in [0, 0.05) is 6.54 Å². The highest BCUT2D eigenvalue weighted by Gasteiger charge is 2.40. The molecule has 0 amide bonds. The van der Waals surface area contributed by atoms with E-state index in [0.717, 1.165) is 4.31 Å². The van der Waals surface area contributed by atoms with E-state index in [1.54, 1.807) is 0 Å². The van der Waals surface area contributed by atoms with Gasteiger partial charge in [0.25, 0.3) is 10.0 Å². The van der Waals surface area contributed by atoms with Crippen LogP contribution in [0.5, 0.6) is 0 Å². The molecule has 1 saturated heterocycles. The number of hydrogen-bond donors (Lipinski definition) is 1. The summed E-state index contributed by atoms with van der Waals surface area (Å²) in [5, 5.41) is 8.84. The van der Waals surface area contributed by atoms with Gasteiger partial charge in [-0.2, -0.15) is 4.31 Å². The van der Waals surface area contributed by atoms with Crippen LogP contribution in [0.15, 0.2) is 16.3 Å². The number of rotatable bonds is 4. The van der Waals surface area contributed by atoms with Crippen LogP contribution in [0.2, 0.25) is 0 Å². The van der Waals surface area contributed by atoms with Gasteiger partial charge in [0.15, 0.2) is 0 Å². The number of carbonyl (C=O) groups is 2. The minimum absolute atomic E-state index is 0.0580. The Morgan fingerprint density at radius 2 is 2.15 bits per heavy atom. The van der Waals surface area contributed by atoms with Gasteiger partial charge < -0.3 is 9.84 Å². The molecule has 0 radical (unpaired) electrons. The first kappa shape index (κ1) is 14.9. The second-order valence-corrected chi connectivity index (χ2v) is 7.42. The SMILES string of the molecule is COC(=O)C1CCCN1S(=O)(=O)c1ccc(C(=O)O)s1. The van der Waals surface area contributed by atoms with E-state index in [-0.39, 0.29) is 15.6 Å². The van der Waals surface area contributed by atoms with Crippen LogP contribution in [-0.4, -0.2) is 49.5 Å². The molecule has 20 heavy (non-hydrogen) atoms. The van der Waals surface area contributed by atoms with Gasteiger partial charge >= 0.3 is 11.9 Å². The Labute approximate surface area is 119 Å². The fourth-order valence-corrected chi connectivity index (χ4v) is 5.01. The molecule has 0 spiro atoms.